The molecule has 0 bridgehead atoms. The van der Waals surface area contributed by atoms with Crippen LogP contribution in [-0.4, -0.2) is 75.8 Å². The average Bonchev–Trinajstić information content (AvgIpc) is 3.28. The summed E-state index contributed by atoms with van der Waals surface area (Å²) < 4.78 is 13.7. The molecule has 1 fully saturated rings. The van der Waals surface area contributed by atoms with E-state index in [1.165, 1.54) is 11.1 Å². The van der Waals surface area contributed by atoms with E-state index in [4.69, 9.17) is 9.47 Å². The van der Waals surface area contributed by atoms with E-state index in [1.54, 1.807) is 4.90 Å². The maximum atomic E-state index is 12.2. The molecular weight excluding hydrogens is 466 g/mol. The molecule has 0 N–H and O–H groups in total. The number of ether oxygens (including phenoxy) is 2. The Balaban J connectivity index is 1.36. The summed E-state index contributed by atoms with van der Waals surface area (Å²) in [5.41, 5.74) is 3.12. The number of carbonyl (C=O) groups excluding carboxylic acids is 1. The number of aryl methyl sites for hydroxylation is 2. The minimum Gasteiger partial charge on any atom is -0.493 e. The number of amides is 1. The van der Waals surface area contributed by atoms with Gasteiger partial charge in [-0.15, -0.1) is 5.10 Å². The van der Waals surface area contributed by atoms with Crippen molar-refractivity contribution in [3.8, 4) is 5.75 Å². The predicted molar refractivity (Wildman–Crippen MR) is 147 cm³/mol. The summed E-state index contributed by atoms with van der Waals surface area (Å²) in [4.78, 5) is 16.4. The van der Waals surface area contributed by atoms with Gasteiger partial charge in [-0.3, -0.25) is 9.58 Å². The zero-order chi connectivity index (χ0) is 27.0. The first kappa shape index (κ1) is 29.0. The minimum absolute atomic E-state index is 0.211. The number of benzene rings is 1. The molecule has 0 saturated carbocycles. The molecule has 1 saturated heterocycles. The Morgan fingerprint density at radius 1 is 0.973 bits per heavy atom. The standard InChI is InChI=1S/C29H47N5O3/c1-22(2)25-12-8-13-26(23(3)4)27(25)36-20-9-11-24-21-34(31-30-24)15-10-14-32-16-18-33(19-17-32)28(35)37-29(5,6)7/h8,12-13,21-23H,9-11,14-20H2,1-7H3. The third-order valence-corrected chi connectivity index (χ3v) is 6.62. The molecule has 1 aromatic heterocycles. The van der Waals surface area contributed by atoms with E-state index < -0.39 is 5.60 Å². The topological polar surface area (TPSA) is 72.7 Å². The van der Waals surface area contributed by atoms with Crippen molar-refractivity contribution >= 4 is 6.09 Å². The van der Waals surface area contributed by atoms with E-state index in [-0.39, 0.29) is 6.09 Å². The molecule has 8 nitrogen and oxygen atoms in total. The first-order valence-electron chi connectivity index (χ1n) is 13.9. The number of hydrogen-bond acceptors (Lipinski definition) is 6. The zero-order valence-electron chi connectivity index (χ0n) is 24.0. The molecule has 0 spiro atoms. The van der Waals surface area contributed by atoms with Crippen molar-refractivity contribution in [2.24, 2.45) is 0 Å². The summed E-state index contributed by atoms with van der Waals surface area (Å²) in [7, 11) is 0. The lowest BCUT2D eigenvalue weighted by Gasteiger charge is -2.35. The number of carbonyl (C=O) groups is 1. The second-order valence-corrected chi connectivity index (χ2v) is 11.7. The van der Waals surface area contributed by atoms with Crippen LogP contribution in [0.25, 0.3) is 0 Å². The van der Waals surface area contributed by atoms with Crippen LogP contribution in [0.4, 0.5) is 4.79 Å². The molecule has 0 radical (unpaired) electrons. The van der Waals surface area contributed by atoms with Crippen LogP contribution in [-0.2, 0) is 17.7 Å². The largest absolute Gasteiger partial charge is 0.493 e. The Kier molecular flexibility index (Phi) is 10.4. The summed E-state index contributed by atoms with van der Waals surface area (Å²) in [6.07, 6.45) is 4.61. The number of hydrogen-bond donors (Lipinski definition) is 0. The van der Waals surface area contributed by atoms with Gasteiger partial charge in [0.15, 0.2) is 0 Å². The molecule has 1 aromatic carbocycles. The van der Waals surface area contributed by atoms with Gasteiger partial charge in [0.2, 0.25) is 0 Å². The molecule has 0 unspecified atom stereocenters. The zero-order valence-corrected chi connectivity index (χ0v) is 24.0. The highest BCUT2D eigenvalue weighted by Gasteiger charge is 2.25. The number of nitrogens with zero attached hydrogens (tertiary/aromatic N) is 5. The van der Waals surface area contributed by atoms with Gasteiger partial charge in [0, 0.05) is 45.5 Å². The van der Waals surface area contributed by atoms with Crippen LogP contribution >= 0.6 is 0 Å². The van der Waals surface area contributed by atoms with Crippen molar-refractivity contribution in [2.75, 3.05) is 39.3 Å². The lowest BCUT2D eigenvalue weighted by atomic mass is 9.94. The molecule has 1 amide bonds. The highest BCUT2D eigenvalue weighted by Crippen LogP contribution is 2.34. The van der Waals surface area contributed by atoms with E-state index >= 15 is 0 Å². The molecule has 0 atom stereocenters. The van der Waals surface area contributed by atoms with Gasteiger partial charge in [-0.2, -0.15) is 0 Å². The fourth-order valence-corrected chi connectivity index (χ4v) is 4.58. The van der Waals surface area contributed by atoms with E-state index in [9.17, 15) is 4.79 Å². The molecule has 2 aromatic rings. The van der Waals surface area contributed by atoms with Gasteiger partial charge >= 0.3 is 6.09 Å². The quantitative estimate of drug-likeness (QED) is 0.371. The minimum atomic E-state index is -0.450. The molecule has 1 aliphatic rings. The van der Waals surface area contributed by atoms with Gasteiger partial charge in [-0.1, -0.05) is 51.1 Å². The van der Waals surface area contributed by atoms with Crippen LogP contribution in [0.2, 0.25) is 0 Å². The Morgan fingerprint density at radius 3 is 2.22 bits per heavy atom. The van der Waals surface area contributed by atoms with Crippen LogP contribution in [0.5, 0.6) is 5.75 Å². The summed E-state index contributed by atoms with van der Waals surface area (Å²) >= 11 is 0. The van der Waals surface area contributed by atoms with Gasteiger partial charge in [0.25, 0.3) is 0 Å². The van der Waals surface area contributed by atoms with Crippen molar-refractivity contribution < 1.29 is 14.3 Å². The van der Waals surface area contributed by atoms with E-state index in [0.717, 1.165) is 56.9 Å². The third kappa shape index (κ3) is 9.02. The average molecular weight is 514 g/mol. The number of aromatic nitrogens is 3. The fourth-order valence-electron chi connectivity index (χ4n) is 4.58. The highest BCUT2D eigenvalue weighted by atomic mass is 16.6. The van der Waals surface area contributed by atoms with Gasteiger partial charge in [0.1, 0.15) is 11.4 Å². The van der Waals surface area contributed by atoms with Crippen molar-refractivity contribution in [3.05, 3.63) is 41.2 Å². The van der Waals surface area contributed by atoms with Gasteiger partial charge in [-0.05, 0) is 63.0 Å². The monoisotopic (exact) mass is 513 g/mol. The SMILES string of the molecule is CC(C)c1cccc(C(C)C)c1OCCCc1cn(CCCN2CCN(C(=O)OC(C)(C)C)CC2)nn1. The summed E-state index contributed by atoms with van der Waals surface area (Å²) in [5.74, 6) is 1.92. The second kappa shape index (κ2) is 13.3. The maximum absolute atomic E-state index is 12.2. The molecule has 2 heterocycles. The van der Waals surface area contributed by atoms with Crippen LogP contribution in [0, 0.1) is 0 Å². The first-order chi connectivity index (χ1) is 17.5. The Hall–Kier alpha value is -2.61. The predicted octanol–water partition coefficient (Wildman–Crippen LogP) is 5.48. The normalized spacial score (nSPS) is 15.0. The van der Waals surface area contributed by atoms with Gasteiger partial charge < -0.3 is 14.4 Å². The van der Waals surface area contributed by atoms with Crippen LogP contribution in [0.15, 0.2) is 24.4 Å². The molecule has 8 heteroatoms. The van der Waals surface area contributed by atoms with Crippen molar-refractivity contribution in [1.29, 1.82) is 0 Å². The highest BCUT2D eigenvalue weighted by molar-refractivity contribution is 5.68. The summed E-state index contributed by atoms with van der Waals surface area (Å²) in [5, 5.41) is 8.68. The van der Waals surface area contributed by atoms with Crippen LogP contribution in [0.3, 0.4) is 0 Å². The Labute approximate surface area is 223 Å². The van der Waals surface area contributed by atoms with Gasteiger partial charge in [0.05, 0.1) is 12.3 Å². The lowest BCUT2D eigenvalue weighted by Crippen LogP contribution is -2.50. The molecule has 206 valence electrons. The summed E-state index contributed by atoms with van der Waals surface area (Å²) in [6, 6.07) is 6.50. The van der Waals surface area contributed by atoms with Crippen LogP contribution < -0.4 is 4.74 Å². The molecule has 37 heavy (non-hydrogen) atoms. The lowest BCUT2D eigenvalue weighted by molar-refractivity contribution is 0.0143. The number of piperazine rings is 1. The smallest absolute Gasteiger partial charge is 0.410 e. The molecule has 3 rings (SSSR count). The van der Waals surface area contributed by atoms with Gasteiger partial charge in [-0.25, -0.2) is 4.79 Å². The fraction of sp³-hybridized carbons (Fsp3) is 0.690. The Morgan fingerprint density at radius 2 is 1.62 bits per heavy atom. The van der Waals surface area contributed by atoms with E-state index in [0.29, 0.717) is 31.5 Å². The third-order valence-electron chi connectivity index (χ3n) is 6.62. The molecule has 0 aliphatic carbocycles. The molecule has 1 aliphatic heterocycles. The number of para-hydroxylation sites is 1. The first-order valence-corrected chi connectivity index (χ1v) is 13.9. The summed E-state index contributed by atoms with van der Waals surface area (Å²) in [6.45, 7) is 20.3. The Bertz CT molecular complexity index is 961. The van der Waals surface area contributed by atoms with E-state index in [1.807, 2.05) is 25.5 Å². The second-order valence-electron chi connectivity index (χ2n) is 11.7. The maximum Gasteiger partial charge on any atom is 0.410 e. The van der Waals surface area contributed by atoms with E-state index in [2.05, 4.69) is 67.3 Å². The van der Waals surface area contributed by atoms with Crippen LogP contribution in [0.1, 0.15) is 90.0 Å². The van der Waals surface area contributed by atoms with Crippen molar-refractivity contribution in [3.63, 3.8) is 0 Å². The number of rotatable bonds is 11. The van der Waals surface area contributed by atoms with Crippen molar-refractivity contribution in [2.45, 2.75) is 91.7 Å². The van der Waals surface area contributed by atoms with Crippen molar-refractivity contribution in [1.82, 2.24) is 24.8 Å². The molecular formula is C29H47N5O3.